The Morgan fingerprint density at radius 3 is 2.70 bits per heavy atom. The first-order valence-corrected chi connectivity index (χ1v) is 7.17. The van der Waals surface area contributed by atoms with Crippen LogP contribution in [0.5, 0.6) is 0 Å². The van der Waals surface area contributed by atoms with Crippen molar-refractivity contribution in [3.8, 4) is 0 Å². The van der Waals surface area contributed by atoms with Crippen LogP contribution in [0.2, 0.25) is 0 Å². The van der Waals surface area contributed by atoms with E-state index in [9.17, 15) is 9.59 Å². The number of hydrogen-bond acceptors (Lipinski definition) is 3. The number of benzene rings is 1. The molecule has 0 saturated carbocycles. The molecule has 6 heteroatoms. The van der Waals surface area contributed by atoms with E-state index in [0.29, 0.717) is 6.54 Å². The van der Waals surface area contributed by atoms with Crippen molar-refractivity contribution >= 4 is 33.5 Å². The Labute approximate surface area is 126 Å². The molecule has 5 nitrogen and oxygen atoms in total. The average Bonchev–Trinajstić information content (AvgIpc) is 2.81. The highest BCUT2D eigenvalue weighted by Crippen LogP contribution is 2.36. The third-order valence-corrected chi connectivity index (χ3v) is 4.42. The van der Waals surface area contributed by atoms with Gasteiger partial charge in [-0.1, -0.05) is 0 Å². The predicted molar refractivity (Wildman–Crippen MR) is 80.1 cm³/mol. The van der Waals surface area contributed by atoms with E-state index in [1.165, 1.54) is 0 Å². The van der Waals surface area contributed by atoms with Crippen LogP contribution < -0.4 is 10.2 Å². The van der Waals surface area contributed by atoms with Crippen molar-refractivity contribution in [2.24, 2.45) is 5.41 Å². The molecule has 1 aromatic carbocycles. The fraction of sp³-hybridized carbons (Fsp3) is 0.429. The van der Waals surface area contributed by atoms with Gasteiger partial charge < -0.3 is 15.3 Å². The molecule has 20 heavy (non-hydrogen) atoms. The standard InChI is InChI=1S/C14H17BrN2O3/c1-14(13(20)16-2)5-6-17(8-14)11-4-3-9(12(18)19)7-10(11)15/h3-4,7H,5-6,8H2,1-2H3,(H,16,20)(H,18,19). The van der Waals surface area contributed by atoms with E-state index in [2.05, 4.69) is 26.1 Å². The van der Waals surface area contributed by atoms with Crippen LogP contribution in [-0.2, 0) is 4.79 Å². The maximum absolute atomic E-state index is 11.9. The zero-order valence-electron chi connectivity index (χ0n) is 11.4. The van der Waals surface area contributed by atoms with Crippen LogP contribution in [0.15, 0.2) is 22.7 Å². The summed E-state index contributed by atoms with van der Waals surface area (Å²) in [6.45, 7) is 3.35. The van der Waals surface area contributed by atoms with Gasteiger partial charge in [0.05, 0.1) is 16.7 Å². The molecule has 1 heterocycles. The van der Waals surface area contributed by atoms with Gasteiger partial charge in [0, 0.05) is 24.6 Å². The summed E-state index contributed by atoms with van der Waals surface area (Å²) < 4.78 is 0.735. The highest BCUT2D eigenvalue weighted by atomic mass is 79.9. The number of carbonyl (C=O) groups is 2. The van der Waals surface area contributed by atoms with Gasteiger partial charge in [0.2, 0.25) is 5.91 Å². The summed E-state index contributed by atoms with van der Waals surface area (Å²) in [4.78, 5) is 24.9. The normalized spacial score (nSPS) is 21.9. The van der Waals surface area contributed by atoms with Crippen LogP contribution in [-0.4, -0.2) is 37.1 Å². The number of anilines is 1. The Bertz CT molecular complexity index is 561. The van der Waals surface area contributed by atoms with E-state index in [0.717, 1.165) is 23.1 Å². The molecule has 2 rings (SSSR count). The number of nitrogens with zero attached hydrogens (tertiary/aromatic N) is 1. The van der Waals surface area contributed by atoms with Crippen molar-refractivity contribution in [2.75, 3.05) is 25.0 Å². The largest absolute Gasteiger partial charge is 0.478 e. The van der Waals surface area contributed by atoms with Crippen LogP contribution in [0.25, 0.3) is 0 Å². The number of carbonyl (C=O) groups excluding carboxylic acids is 1. The molecule has 0 bridgehead atoms. The molecule has 1 unspecified atom stereocenters. The Kier molecular flexibility index (Phi) is 4.04. The summed E-state index contributed by atoms with van der Waals surface area (Å²) in [5, 5.41) is 11.7. The van der Waals surface area contributed by atoms with Gasteiger partial charge in [-0.3, -0.25) is 4.79 Å². The zero-order valence-corrected chi connectivity index (χ0v) is 13.0. The van der Waals surface area contributed by atoms with Crippen LogP contribution in [0, 0.1) is 5.41 Å². The quantitative estimate of drug-likeness (QED) is 0.884. The second kappa shape index (κ2) is 5.44. The molecule has 0 aliphatic carbocycles. The minimum Gasteiger partial charge on any atom is -0.478 e. The highest BCUT2D eigenvalue weighted by Gasteiger charge is 2.40. The molecule has 1 amide bonds. The maximum atomic E-state index is 11.9. The number of nitrogens with one attached hydrogen (secondary N) is 1. The summed E-state index contributed by atoms with van der Waals surface area (Å²) in [6, 6.07) is 4.95. The number of carboxylic acids is 1. The van der Waals surface area contributed by atoms with Crippen LogP contribution in [0.1, 0.15) is 23.7 Å². The van der Waals surface area contributed by atoms with E-state index >= 15 is 0 Å². The predicted octanol–water partition coefficient (Wildman–Crippen LogP) is 2.11. The third kappa shape index (κ3) is 2.65. The molecule has 1 atom stereocenters. The van der Waals surface area contributed by atoms with E-state index in [-0.39, 0.29) is 11.5 Å². The molecule has 1 saturated heterocycles. The number of halogens is 1. The average molecular weight is 341 g/mol. The lowest BCUT2D eigenvalue weighted by atomic mass is 9.89. The number of carboxylic acid groups (broad SMARTS) is 1. The molecule has 1 aliphatic heterocycles. The number of hydrogen-bond donors (Lipinski definition) is 2. The van der Waals surface area contributed by atoms with Gasteiger partial charge in [0.15, 0.2) is 0 Å². The number of rotatable bonds is 3. The molecule has 2 N–H and O–H groups in total. The Morgan fingerprint density at radius 2 is 2.15 bits per heavy atom. The van der Waals surface area contributed by atoms with Crippen molar-refractivity contribution in [3.05, 3.63) is 28.2 Å². The first-order chi connectivity index (χ1) is 9.37. The van der Waals surface area contributed by atoms with Gasteiger partial charge >= 0.3 is 5.97 Å². The van der Waals surface area contributed by atoms with Crippen molar-refractivity contribution in [1.29, 1.82) is 0 Å². The smallest absolute Gasteiger partial charge is 0.335 e. The lowest BCUT2D eigenvalue weighted by Gasteiger charge is -2.24. The molecule has 1 fully saturated rings. The summed E-state index contributed by atoms with van der Waals surface area (Å²) >= 11 is 3.41. The minimum absolute atomic E-state index is 0.0401. The van der Waals surface area contributed by atoms with Crippen LogP contribution in [0.4, 0.5) is 5.69 Å². The maximum Gasteiger partial charge on any atom is 0.335 e. The molecule has 108 valence electrons. The topological polar surface area (TPSA) is 69.6 Å². The minimum atomic E-state index is -0.950. The lowest BCUT2D eigenvalue weighted by molar-refractivity contribution is -0.128. The van der Waals surface area contributed by atoms with E-state index in [1.54, 1.807) is 25.2 Å². The fourth-order valence-electron chi connectivity index (χ4n) is 2.55. The number of amides is 1. The molecule has 1 aromatic rings. The van der Waals surface area contributed by atoms with Crippen molar-refractivity contribution in [1.82, 2.24) is 5.32 Å². The Hall–Kier alpha value is -1.56. The summed E-state index contributed by atoms with van der Waals surface area (Å²) in [5.41, 5.74) is 0.760. The molecular formula is C14H17BrN2O3. The number of aromatic carboxylic acids is 1. The monoisotopic (exact) mass is 340 g/mol. The van der Waals surface area contributed by atoms with Crippen molar-refractivity contribution in [3.63, 3.8) is 0 Å². The Balaban J connectivity index is 2.22. The van der Waals surface area contributed by atoms with Gasteiger partial charge in [-0.2, -0.15) is 0 Å². The van der Waals surface area contributed by atoms with E-state index < -0.39 is 11.4 Å². The van der Waals surface area contributed by atoms with Crippen LogP contribution in [0.3, 0.4) is 0 Å². The molecular weight excluding hydrogens is 324 g/mol. The molecule has 0 radical (unpaired) electrons. The first kappa shape index (κ1) is 14.8. The second-order valence-electron chi connectivity index (χ2n) is 5.28. The van der Waals surface area contributed by atoms with Gasteiger partial charge in [0.1, 0.15) is 0 Å². The summed E-state index contributed by atoms with van der Waals surface area (Å²) in [6.07, 6.45) is 0.778. The second-order valence-corrected chi connectivity index (χ2v) is 6.14. The Morgan fingerprint density at radius 1 is 1.45 bits per heavy atom. The summed E-state index contributed by atoms with van der Waals surface area (Å²) in [7, 11) is 1.65. The fourth-order valence-corrected chi connectivity index (χ4v) is 3.18. The van der Waals surface area contributed by atoms with Crippen molar-refractivity contribution < 1.29 is 14.7 Å². The molecule has 0 spiro atoms. The van der Waals surface area contributed by atoms with E-state index in [4.69, 9.17) is 5.11 Å². The zero-order chi connectivity index (χ0) is 14.9. The molecule has 1 aliphatic rings. The van der Waals surface area contributed by atoms with Gasteiger partial charge in [-0.25, -0.2) is 4.79 Å². The van der Waals surface area contributed by atoms with Gasteiger partial charge in [0.25, 0.3) is 0 Å². The van der Waals surface area contributed by atoms with Crippen molar-refractivity contribution in [2.45, 2.75) is 13.3 Å². The van der Waals surface area contributed by atoms with E-state index in [1.807, 2.05) is 6.92 Å². The highest BCUT2D eigenvalue weighted by molar-refractivity contribution is 9.10. The van der Waals surface area contributed by atoms with Gasteiger partial charge in [-0.05, 0) is 47.5 Å². The lowest BCUT2D eigenvalue weighted by Crippen LogP contribution is -2.39. The SMILES string of the molecule is CNC(=O)C1(C)CCN(c2ccc(C(=O)O)cc2Br)C1. The van der Waals surface area contributed by atoms with Gasteiger partial charge in [-0.15, -0.1) is 0 Å². The summed E-state index contributed by atoms with van der Waals surface area (Å²) in [5.74, 6) is -0.910. The first-order valence-electron chi connectivity index (χ1n) is 6.37. The molecule has 0 aromatic heterocycles. The third-order valence-electron chi connectivity index (χ3n) is 3.78. The van der Waals surface area contributed by atoms with Crippen LogP contribution >= 0.6 is 15.9 Å².